The van der Waals surface area contributed by atoms with E-state index in [9.17, 15) is 15.2 Å². The zero-order valence-electron chi connectivity index (χ0n) is 11.6. The van der Waals surface area contributed by atoms with E-state index in [1.807, 2.05) is 18.2 Å². The maximum absolute atomic E-state index is 11.8. The Hall–Kier alpha value is -2.80. The molecule has 0 fully saturated rings. The van der Waals surface area contributed by atoms with Crippen molar-refractivity contribution in [3.8, 4) is 5.75 Å². The van der Waals surface area contributed by atoms with Crippen molar-refractivity contribution in [2.24, 2.45) is 4.99 Å². The van der Waals surface area contributed by atoms with Gasteiger partial charge in [0.1, 0.15) is 0 Å². The Balaban J connectivity index is 2.06. The number of benzene rings is 2. The molecule has 6 nitrogen and oxygen atoms in total. The average molecular weight is 371 g/mol. The molecule has 3 rings (SSSR count). The molecule has 0 N–H and O–H groups in total. The summed E-state index contributed by atoms with van der Waals surface area (Å²) in [4.78, 5) is 18.8. The molecule has 1 heterocycles. The van der Waals surface area contributed by atoms with Crippen molar-refractivity contribution in [1.29, 1.82) is 0 Å². The van der Waals surface area contributed by atoms with Crippen molar-refractivity contribution in [2.75, 3.05) is 0 Å². The smallest absolute Gasteiger partial charge is 0.270 e. The first kappa shape index (κ1) is 15.1. The van der Waals surface area contributed by atoms with Crippen LogP contribution in [-0.4, -0.2) is 16.1 Å². The van der Waals surface area contributed by atoms with Gasteiger partial charge in [-0.3, -0.25) is 20.1 Å². The molecule has 0 atom stereocenters. The molecule has 23 heavy (non-hydrogen) atoms. The first-order valence-electron chi connectivity index (χ1n) is 6.59. The van der Waals surface area contributed by atoms with Crippen LogP contribution >= 0.6 is 15.9 Å². The Morgan fingerprint density at radius 2 is 2.04 bits per heavy atom. The maximum atomic E-state index is 11.8. The Kier molecular flexibility index (Phi) is 4.03. The third-order valence-electron chi connectivity index (χ3n) is 3.24. The molecule has 114 valence electrons. The van der Waals surface area contributed by atoms with E-state index in [2.05, 4.69) is 25.9 Å². The van der Waals surface area contributed by atoms with Crippen LogP contribution in [0, 0.1) is 10.1 Å². The Labute approximate surface area is 139 Å². The van der Waals surface area contributed by atoms with Crippen LogP contribution in [0.25, 0.3) is 10.9 Å². The third-order valence-corrected chi connectivity index (χ3v) is 3.93. The first-order chi connectivity index (χ1) is 11.1. The lowest BCUT2D eigenvalue weighted by Crippen LogP contribution is -1.98. The van der Waals surface area contributed by atoms with Crippen molar-refractivity contribution in [3.63, 3.8) is 0 Å². The molecule has 0 bridgehead atoms. The molecule has 0 spiro atoms. The number of aromatic nitrogens is 1. The standard InChI is InChI=1S/C16H10BrN3O3/c17-13-4-5-14(16-12(13)2-1-7-18-16)19-9-10-8-11(20(22)23)3-6-15(10)21/h1-9,21H/p-1. The van der Waals surface area contributed by atoms with Crippen LogP contribution in [0.2, 0.25) is 0 Å². The topological polar surface area (TPSA) is 91.5 Å². The van der Waals surface area contributed by atoms with E-state index in [4.69, 9.17) is 0 Å². The van der Waals surface area contributed by atoms with E-state index in [1.54, 1.807) is 12.3 Å². The van der Waals surface area contributed by atoms with Gasteiger partial charge in [-0.1, -0.05) is 33.8 Å². The molecule has 0 saturated carbocycles. The second kappa shape index (κ2) is 6.13. The van der Waals surface area contributed by atoms with Gasteiger partial charge in [0.05, 0.1) is 16.1 Å². The number of hydrogen-bond acceptors (Lipinski definition) is 5. The van der Waals surface area contributed by atoms with Crippen molar-refractivity contribution in [3.05, 3.63) is 68.8 Å². The molecule has 0 saturated heterocycles. The fourth-order valence-corrected chi connectivity index (χ4v) is 2.57. The largest absolute Gasteiger partial charge is 0.872 e. The number of hydrogen-bond donors (Lipinski definition) is 0. The SMILES string of the molecule is O=[N+]([O-])c1ccc([O-])c(C=Nc2ccc(Br)c3cccnc23)c1. The summed E-state index contributed by atoms with van der Waals surface area (Å²) in [6.45, 7) is 0. The fourth-order valence-electron chi connectivity index (χ4n) is 2.12. The molecule has 7 heteroatoms. The van der Waals surface area contributed by atoms with E-state index >= 15 is 0 Å². The summed E-state index contributed by atoms with van der Waals surface area (Å²) >= 11 is 3.45. The van der Waals surface area contributed by atoms with Gasteiger partial charge < -0.3 is 5.11 Å². The van der Waals surface area contributed by atoms with Gasteiger partial charge in [-0.25, -0.2) is 0 Å². The van der Waals surface area contributed by atoms with Crippen LogP contribution in [0.1, 0.15) is 5.56 Å². The molecule has 0 aliphatic rings. The van der Waals surface area contributed by atoms with Gasteiger partial charge >= 0.3 is 0 Å². The molecule has 0 unspecified atom stereocenters. The molecule has 0 amide bonds. The van der Waals surface area contributed by atoms with Gasteiger partial charge in [-0.2, -0.15) is 0 Å². The van der Waals surface area contributed by atoms with Gasteiger partial charge in [0.25, 0.3) is 5.69 Å². The number of fused-ring (bicyclic) bond motifs is 1. The number of nitro benzene ring substituents is 1. The van der Waals surface area contributed by atoms with E-state index < -0.39 is 4.92 Å². The second-order valence-corrected chi connectivity index (χ2v) is 5.56. The fraction of sp³-hybridized carbons (Fsp3) is 0. The molecule has 2 aromatic carbocycles. The lowest BCUT2D eigenvalue weighted by molar-refractivity contribution is -0.385. The van der Waals surface area contributed by atoms with Gasteiger partial charge in [0, 0.05) is 34.4 Å². The van der Waals surface area contributed by atoms with Gasteiger partial charge in [0.2, 0.25) is 0 Å². The minimum absolute atomic E-state index is 0.148. The number of rotatable bonds is 3. The summed E-state index contributed by atoms with van der Waals surface area (Å²) in [5.74, 6) is -0.325. The monoisotopic (exact) mass is 370 g/mol. The van der Waals surface area contributed by atoms with Crippen molar-refractivity contribution in [2.45, 2.75) is 0 Å². The highest BCUT2D eigenvalue weighted by molar-refractivity contribution is 9.10. The van der Waals surface area contributed by atoms with Gasteiger partial charge in [-0.05, 0) is 23.8 Å². The van der Waals surface area contributed by atoms with Crippen molar-refractivity contribution >= 4 is 44.4 Å². The Morgan fingerprint density at radius 1 is 1.22 bits per heavy atom. The molecule has 0 aliphatic carbocycles. The summed E-state index contributed by atoms with van der Waals surface area (Å²) in [5, 5.41) is 23.5. The number of pyridine rings is 1. The average Bonchev–Trinajstić information content (AvgIpc) is 2.55. The highest BCUT2D eigenvalue weighted by Crippen LogP contribution is 2.30. The van der Waals surface area contributed by atoms with Gasteiger partial charge in [-0.15, -0.1) is 0 Å². The maximum Gasteiger partial charge on any atom is 0.270 e. The predicted octanol–water partition coefficient (Wildman–Crippen LogP) is 3.73. The third kappa shape index (κ3) is 3.04. The highest BCUT2D eigenvalue weighted by atomic mass is 79.9. The highest BCUT2D eigenvalue weighted by Gasteiger charge is 2.07. The number of nitro groups is 1. The minimum atomic E-state index is -0.548. The summed E-state index contributed by atoms with van der Waals surface area (Å²) < 4.78 is 0.888. The lowest BCUT2D eigenvalue weighted by Gasteiger charge is -2.09. The Bertz CT molecular complexity index is 941. The lowest BCUT2D eigenvalue weighted by atomic mass is 10.2. The summed E-state index contributed by atoms with van der Waals surface area (Å²) in [6, 6.07) is 10.9. The number of aliphatic imine (C=N–C) groups is 1. The quantitative estimate of drug-likeness (QED) is 0.398. The van der Waals surface area contributed by atoms with Gasteiger partial charge in [0.15, 0.2) is 0 Å². The van der Waals surface area contributed by atoms with Crippen LogP contribution in [-0.2, 0) is 0 Å². The summed E-state index contributed by atoms with van der Waals surface area (Å²) in [7, 11) is 0. The molecule has 0 radical (unpaired) electrons. The van der Waals surface area contributed by atoms with Crippen molar-refractivity contribution in [1.82, 2.24) is 4.98 Å². The molecule has 3 aromatic rings. The molecular weight excluding hydrogens is 362 g/mol. The first-order valence-corrected chi connectivity index (χ1v) is 7.38. The van der Waals surface area contributed by atoms with Crippen LogP contribution in [0.4, 0.5) is 11.4 Å². The zero-order valence-corrected chi connectivity index (χ0v) is 13.2. The zero-order chi connectivity index (χ0) is 16.4. The number of non-ortho nitro benzene ring substituents is 1. The summed E-state index contributed by atoms with van der Waals surface area (Å²) in [5.41, 5.74) is 1.27. The van der Waals surface area contributed by atoms with E-state index in [1.165, 1.54) is 18.3 Å². The predicted molar refractivity (Wildman–Crippen MR) is 89.2 cm³/mol. The minimum Gasteiger partial charge on any atom is -0.872 e. The number of halogens is 1. The normalized spacial score (nSPS) is 11.2. The van der Waals surface area contributed by atoms with Crippen LogP contribution in [0.15, 0.2) is 58.1 Å². The summed E-state index contributed by atoms with van der Waals surface area (Å²) in [6.07, 6.45) is 2.98. The van der Waals surface area contributed by atoms with Crippen LogP contribution in [0.3, 0.4) is 0 Å². The van der Waals surface area contributed by atoms with E-state index in [-0.39, 0.29) is 17.0 Å². The number of nitrogens with zero attached hydrogens (tertiary/aromatic N) is 3. The molecular formula is C16H9BrN3O3-. The molecule has 0 aliphatic heterocycles. The van der Waals surface area contributed by atoms with E-state index in [0.717, 1.165) is 15.9 Å². The second-order valence-electron chi connectivity index (χ2n) is 4.70. The Morgan fingerprint density at radius 3 is 2.83 bits per heavy atom. The van der Waals surface area contributed by atoms with Crippen LogP contribution in [0.5, 0.6) is 5.75 Å². The van der Waals surface area contributed by atoms with Crippen LogP contribution < -0.4 is 5.11 Å². The van der Waals surface area contributed by atoms with E-state index in [0.29, 0.717) is 11.2 Å². The van der Waals surface area contributed by atoms with Crippen molar-refractivity contribution < 1.29 is 10.0 Å². The molecule has 1 aromatic heterocycles.